The highest BCUT2D eigenvalue weighted by molar-refractivity contribution is 6.41. The highest BCUT2D eigenvalue weighted by Gasteiger charge is 2.24. The molecule has 4 aromatic heterocycles. The second-order valence-electron chi connectivity index (χ2n) is 9.73. The Morgan fingerprint density at radius 2 is 1.02 bits per heavy atom. The number of rotatable bonds is 6. The van der Waals surface area contributed by atoms with Crippen LogP contribution < -0.4 is 30.1 Å². The van der Waals surface area contributed by atoms with E-state index < -0.39 is 5.56 Å². The molecule has 0 spiro atoms. The van der Waals surface area contributed by atoms with Crippen molar-refractivity contribution in [1.82, 2.24) is 39.0 Å². The number of aromatic nitrogens is 8. The quantitative estimate of drug-likeness (QED) is 0.200. The number of halogens is 4. The van der Waals surface area contributed by atoms with E-state index >= 15 is 0 Å². The molecule has 248 valence electrons. The van der Waals surface area contributed by atoms with Gasteiger partial charge in [0.25, 0.3) is 11.1 Å². The molecule has 0 fully saturated rings. The molecule has 0 aliphatic rings. The smallest absolute Gasteiger partial charge is 0.278 e. The van der Waals surface area contributed by atoms with Crippen LogP contribution in [0.15, 0.2) is 46.2 Å². The van der Waals surface area contributed by atoms with E-state index in [1.54, 1.807) is 46.5 Å². The minimum atomic E-state index is -0.457. The lowest BCUT2D eigenvalue weighted by atomic mass is 10.1. The summed E-state index contributed by atoms with van der Waals surface area (Å²) in [7, 11) is 9.12. The molecule has 18 heteroatoms. The Hall–Kier alpha value is -4.76. The molecule has 6 rings (SSSR count). The average Bonchev–Trinajstić information content (AvgIpc) is 3.09. The number of aryl methyl sites for hydroxylation is 2. The highest BCUT2D eigenvalue weighted by Crippen LogP contribution is 2.44. The number of hydrogen-bond donors (Lipinski definition) is 0. The van der Waals surface area contributed by atoms with Crippen LogP contribution in [0.1, 0.15) is 0 Å². The normalized spacial score (nSPS) is 10.9. The molecule has 2 aromatic carbocycles. The third kappa shape index (κ3) is 6.52. The minimum Gasteiger partial charge on any atom is -0.497 e. The molecular formula is C30H24Cl4N8O6. The van der Waals surface area contributed by atoms with Crippen molar-refractivity contribution >= 4 is 68.7 Å². The van der Waals surface area contributed by atoms with Gasteiger partial charge in [-0.25, -0.2) is 19.9 Å². The largest absolute Gasteiger partial charge is 0.497 e. The monoisotopic (exact) mass is 732 g/mol. The van der Waals surface area contributed by atoms with Crippen LogP contribution in [0.25, 0.3) is 44.8 Å². The third-order valence-corrected chi connectivity index (χ3v) is 8.11. The van der Waals surface area contributed by atoms with E-state index in [9.17, 15) is 9.59 Å². The van der Waals surface area contributed by atoms with Crippen LogP contribution in [-0.4, -0.2) is 67.5 Å². The Kier molecular flexibility index (Phi) is 10.2. The Bertz CT molecular complexity index is 2280. The molecule has 14 nitrogen and oxygen atoms in total. The molecule has 0 bridgehead atoms. The van der Waals surface area contributed by atoms with E-state index in [1.807, 2.05) is 0 Å². The fourth-order valence-electron chi connectivity index (χ4n) is 4.58. The lowest BCUT2D eigenvalue weighted by Crippen LogP contribution is -2.22. The first-order chi connectivity index (χ1) is 22.9. The van der Waals surface area contributed by atoms with Gasteiger partial charge in [0, 0.05) is 31.8 Å². The molecule has 0 saturated heterocycles. The summed E-state index contributed by atoms with van der Waals surface area (Å²) >= 11 is 24.3. The fourth-order valence-corrected chi connectivity index (χ4v) is 5.52. The van der Waals surface area contributed by atoms with Gasteiger partial charge in [-0.1, -0.05) is 23.2 Å². The molecule has 0 unspecified atom stereocenters. The molecule has 0 aliphatic heterocycles. The lowest BCUT2D eigenvalue weighted by molar-refractivity contribution is 0.394. The topological polar surface area (TPSA) is 158 Å². The maximum atomic E-state index is 12.8. The first-order valence-corrected chi connectivity index (χ1v) is 15.1. The van der Waals surface area contributed by atoms with Gasteiger partial charge >= 0.3 is 0 Å². The van der Waals surface area contributed by atoms with Crippen LogP contribution in [0, 0.1) is 0 Å². The van der Waals surface area contributed by atoms with Gasteiger partial charge < -0.3 is 18.9 Å². The van der Waals surface area contributed by atoms with Gasteiger partial charge in [-0.2, -0.15) is 9.97 Å². The van der Waals surface area contributed by atoms with Gasteiger partial charge in [0.2, 0.25) is 10.6 Å². The number of hydrogen-bond acceptors (Lipinski definition) is 12. The van der Waals surface area contributed by atoms with Crippen molar-refractivity contribution in [3.63, 3.8) is 0 Å². The summed E-state index contributed by atoms with van der Waals surface area (Å²) in [5.74, 6) is 1.73. The lowest BCUT2D eigenvalue weighted by Gasteiger charge is -2.15. The molecule has 0 saturated carbocycles. The van der Waals surface area contributed by atoms with Gasteiger partial charge in [-0.05, 0) is 35.3 Å². The fraction of sp³-hybridized carbons (Fsp3) is 0.200. The van der Waals surface area contributed by atoms with Gasteiger partial charge in [-0.15, -0.1) is 0 Å². The summed E-state index contributed by atoms with van der Waals surface area (Å²) in [4.78, 5) is 50.0. The number of benzene rings is 2. The van der Waals surface area contributed by atoms with Crippen molar-refractivity contribution < 1.29 is 18.9 Å². The number of methoxy groups -OCH3 is 4. The molecule has 0 N–H and O–H groups in total. The first kappa shape index (κ1) is 34.6. The summed E-state index contributed by atoms with van der Waals surface area (Å²) in [6, 6.07) is 6.68. The summed E-state index contributed by atoms with van der Waals surface area (Å²) in [6.07, 6.45) is 2.89. The van der Waals surface area contributed by atoms with E-state index in [4.69, 9.17) is 65.4 Å². The Morgan fingerprint density at radius 3 is 1.46 bits per heavy atom. The zero-order valence-electron chi connectivity index (χ0n) is 26.0. The molecule has 0 aliphatic carbocycles. The van der Waals surface area contributed by atoms with E-state index in [2.05, 4.69) is 29.9 Å². The van der Waals surface area contributed by atoms with E-state index in [-0.39, 0.29) is 48.8 Å². The molecular weight excluding hydrogens is 710 g/mol. The van der Waals surface area contributed by atoms with Gasteiger partial charge in [-0.3, -0.25) is 18.7 Å². The SMILES string of the molecule is COc1cc(OC)c(Cl)c(-c2nc3cnc(Cl)nc3n(C)c2=O)c1Cl.COc1cc(OC)cc(-c2nc3cnc(Cl)nc3n(C)c2=O)c1. The molecule has 48 heavy (non-hydrogen) atoms. The molecule has 0 amide bonds. The van der Waals surface area contributed by atoms with Crippen molar-refractivity contribution in [2.24, 2.45) is 14.1 Å². The predicted octanol–water partition coefficient (Wildman–Crippen LogP) is 5.43. The van der Waals surface area contributed by atoms with Crippen molar-refractivity contribution in [2.75, 3.05) is 28.4 Å². The second-order valence-corrected chi connectivity index (χ2v) is 11.2. The van der Waals surface area contributed by atoms with Crippen LogP contribution in [0.5, 0.6) is 23.0 Å². The maximum absolute atomic E-state index is 12.8. The van der Waals surface area contributed by atoms with Crippen LogP contribution in [0.4, 0.5) is 0 Å². The molecule has 0 atom stereocenters. The Balaban J connectivity index is 0.000000188. The summed E-state index contributed by atoms with van der Waals surface area (Å²) in [5, 5.41) is 0.362. The van der Waals surface area contributed by atoms with Crippen molar-refractivity contribution in [3.8, 4) is 45.5 Å². The highest BCUT2D eigenvalue weighted by atomic mass is 35.5. The minimum absolute atomic E-state index is 0.0103. The van der Waals surface area contributed by atoms with Crippen LogP contribution >= 0.6 is 46.4 Å². The van der Waals surface area contributed by atoms with Crippen LogP contribution in [0.3, 0.4) is 0 Å². The third-order valence-electron chi connectivity index (χ3n) is 6.99. The van der Waals surface area contributed by atoms with E-state index in [1.165, 1.54) is 41.8 Å². The van der Waals surface area contributed by atoms with Gasteiger partial charge in [0.15, 0.2) is 11.3 Å². The summed E-state index contributed by atoms with van der Waals surface area (Å²) < 4.78 is 23.6. The van der Waals surface area contributed by atoms with Crippen molar-refractivity contribution in [3.05, 3.63) is 78.0 Å². The number of ether oxygens (including phenoxy) is 4. The van der Waals surface area contributed by atoms with E-state index in [0.717, 1.165) is 0 Å². The Labute approximate surface area is 291 Å². The molecule has 4 heterocycles. The summed E-state index contributed by atoms with van der Waals surface area (Å²) in [5.41, 5.74) is 1.78. The summed E-state index contributed by atoms with van der Waals surface area (Å²) in [6.45, 7) is 0. The van der Waals surface area contributed by atoms with Crippen molar-refractivity contribution in [1.29, 1.82) is 0 Å². The predicted molar refractivity (Wildman–Crippen MR) is 182 cm³/mol. The Morgan fingerprint density at radius 1 is 0.583 bits per heavy atom. The van der Waals surface area contributed by atoms with Gasteiger partial charge in [0.1, 0.15) is 45.4 Å². The van der Waals surface area contributed by atoms with Crippen molar-refractivity contribution in [2.45, 2.75) is 0 Å². The standard InChI is InChI=1S/C15H11Cl3N4O3.C15H13ClN4O3/c1-22-13-6(5-19-15(18)21-13)20-12(14(22)23)9-10(16)7(24-2)4-8(25-3)11(9)17;1-20-13-11(7-17-15(16)19-13)18-12(14(20)21)8-4-9(22-2)6-10(5-8)23-3/h4-5H,1-3H3;4-7H,1-3H3. The molecule has 6 aromatic rings. The van der Waals surface area contributed by atoms with Crippen LogP contribution in [0.2, 0.25) is 20.6 Å². The van der Waals surface area contributed by atoms with Crippen LogP contribution in [-0.2, 0) is 14.1 Å². The number of fused-ring (bicyclic) bond motifs is 2. The zero-order chi connectivity index (χ0) is 34.9. The number of nitrogens with zero attached hydrogens (tertiary/aromatic N) is 8. The average molecular weight is 734 g/mol. The van der Waals surface area contributed by atoms with Gasteiger partial charge in [0.05, 0.1) is 56.4 Å². The maximum Gasteiger partial charge on any atom is 0.278 e. The molecule has 0 radical (unpaired) electrons. The zero-order valence-corrected chi connectivity index (χ0v) is 29.0. The second kappa shape index (κ2) is 14.2. The first-order valence-electron chi connectivity index (χ1n) is 13.5. The van der Waals surface area contributed by atoms with E-state index in [0.29, 0.717) is 45.2 Å².